The minimum atomic E-state index is -0.753. The van der Waals surface area contributed by atoms with Gasteiger partial charge in [-0.15, -0.1) is 0 Å². The molecule has 19 heavy (non-hydrogen) atoms. The molecule has 1 atom stereocenters. The Hall–Kier alpha value is -1.36. The molecule has 0 bridgehead atoms. The quantitative estimate of drug-likeness (QED) is 0.744. The van der Waals surface area contributed by atoms with Crippen LogP contribution in [0.3, 0.4) is 0 Å². The Morgan fingerprint density at radius 1 is 1.42 bits per heavy atom. The molecule has 3 N–H and O–H groups in total. The summed E-state index contributed by atoms with van der Waals surface area (Å²) >= 11 is 0. The Kier molecular flexibility index (Phi) is 5.54. The first-order valence-electron chi connectivity index (χ1n) is 7.07. The van der Waals surface area contributed by atoms with E-state index in [2.05, 4.69) is 37.3 Å². The fraction of sp³-hybridized carbons (Fsp3) is 0.714. The number of nitrogens with two attached hydrogens (primary N) is 1. The molecular weight excluding hydrogens is 240 g/mol. The number of hydrogen-bond donors (Lipinski definition) is 2. The summed E-state index contributed by atoms with van der Waals surface area (Å²) in [5.41, 5.74) is 6.99. The van der Waals surface area contributed by atoms with E-state index in [1.54, 1.807) is 0 Å². The topological polar surface area (TPSA) is 72.9 Å². The molecule has 1 heterocycles. The smallest absolute Gasteiger partial charge is 0.239 e. The van der Waals surface area contributed by atoms with Gasteiger partial charge in [0.25, 0.3) is 0 Å². The number of primary amides is 1. The molecule has 0 saturated heterocycles. The van der Waals surface area contributed by atoms with Crippen LogP contribution in [-0.4, -0.2) is 27.8 Å². The second kappa shape index (κ2) is 6.70. The average molecular weight is 266 g/mol. The van der Waals surface area contributed by atoms with E-state index in [-0.39, 0.29) is 5.91 Å². The molecule has 0 saturated carbocycles. The third kappa shape index (κ3) is 3.80. The molecule has 0 radical (unpaired) electrons. The highest BCUT2D eigenvalue weighted by atomic mass is 16.1. The van der Waals surface area contributed by atoms with Gasteiger partial charge >= 0.3 is 0 Å². The van der Waals surface area contributed by atoms with Gasteiger partial charge in [-0.1, -0.05) is 20.8 Å². The van der Waals surface area contributed by atoms with E-state index >= 15 is 0 Å². The highest BCUT2D eigenvalue weighted by Crippen LogP contribution is 2.12. The number of nitrogens with zero attached hydrogens (tertiary/aromatic N) is 2. The van der Waals surface area contributed by atoms with Gasteiger partial charge in [0.1, 0.15) is 5.54 Å². The van der Waals surface area contributed by atoms with Crippen LogP contribution in [0.15, 0.2) is 6.07 Å². The molecule has 108 valence electrons. The van der Waals surface area contributed by atoms with E-state index in [4.69, 9.17) is 5.73 Å². The second-order valence-electron chi connectivity index (χ2n) is 5.11. The maximum Gasteiger partial charge on any atom is 0.239 e. The van der Waals surface area contributed by atoms with Gasteiger partial charge in [0.05, 0.1) is 12.2 Å². The lowest BCUT2D eigenvalue weighted by atomic mass is 10.0. The Bertz CT molecular complexity index is 427. The third-order valence-corrected chi connectivity index (χ3v) is 3.41. The molecule has 1 unspecified atom stereocenters. The van der Waals surface area contributed by atoms with E-state index in [1.165, 1.54) is 0 Å². The van der Waals surface area contributed by atoms with E-state index in [0.717, 1.165) is 37.2 Å². The van der Waals surface area contributed by atoms with Crippen LogP contribution >= 0.6 is 0 Å². The molecule has 1 amide bonds. The maximum atomic E-state index is 11.7. The van der Waals surface area contributed by atoms with Crippen molar-refractivity contribution in [2.45, 2.75) is 59.0 Å². The molecule has 1 aromatic heterocycles. The first-order chi connectivity index (χ1) is 8.96. The zero-order valence-corrected chi connectivity index (χ0v) is 12.5. The molecule has 5 nitrogen and oxygen atoms in total. The number of carbonyl (C=O) groups excluding carboxylic acids is 1. The molecule has 0 spiro atoms. The van der Waals surface area contributed by atoms with E-state index in [1.807, 2.05) is 11.6 Å². The van der Waals surface area contributed by atoms with Crippen LogP contribution in [0.5, 0.6) is 0 Å². The first kappa shape index (κ1) is 15.7. The standard InChI is InChI=1S/C14H26N4O/c1-5-8-16-14(4,13(15)19)10-18-12(7-3)9-11(6-2)17-18/h9,16H,5-8,10H2,1-4H3,(H2,15,19). The summed E-state index contributed by atoms with van der Waals surface area (Å²) in [7, 11) is 0. The Labute approximate surface area is 115 Å². The van der Waals surface area contributed by atoms with Crippen LogP contribution in [0.25, 0.3) is 0 Å². The predicted molar refractivity (Wildman–Crippen MR) is 76.9 cm³/mol. The summed E-state index contributed by atoms with van der Waals surface area (Å²) in [6.45, 7) is 9.32. The van der Waals surface area contributed by atoms with E-state index in [9.17, 15) is 4.79 Å². The zero-order valence-electron chi connectivity index (χ0n) is 12.5. The summed E-state index contributed by atoms with van der Waals surface area (Å²) < 4.78 is 1.91. The van der Waals surface area contributed by atoms with Gasteiger partial charge in [0.15, 0.2) is 0 Å². The molecule has 0 aromatic carbocycles. The van der Waals surface area contributed by atoms with Crippen molar-refractivity contribution in [3.8, 4) is 0 Å². The van der Waals surface area contributed by atoms with Crippen molar-refractivity contribution in [3.05, 3.63) is 17.5 Å². The van der Waals surface area contributed by atoms with Gasteiger partial charge in [-0.2, -0.15) is 5.10 Å². The van der Waals surface area contributed by atoms with Gasteiger partial charge in [0.2, 0.25) is 5.91 Å². The molecule has 0 aliphatic heterocycles. The Morgan fingerprint density at radius 2 is 2.11 bits per heavy atom. The monoisotopic (exact) mass is 266 g/mol. The minimum Gasteiger partial charge on any atom is -0.368 e. The van der Waals surface area contributed by atoms with Gasteiger partial charge in [0, 0.05) is 5.69 Å². The largest absolute Gasteiger partial charge is 0.368 e. The van der Waals surface area contributed by atoms with Crippen molar-refractivity contribution in [1.82, 2.24) is 15.1 Å². The Balaban J connectivity index is 2.95. The SMILES string of the molecule is CCCNC(C)(Cn1nc(CC)cc1CC)C(N)=O. The lowest BCUT2D eigenvalue weighted by Gasteiger charge is -2.28. The van der Waals surface area contributed by atoms with E-state index in [0.29, 0.717) is 6.54 Å². The minimum absolute atomic E-state index is 0.337. The number of amides is 1. The van der Waals surface area contributed by atoms with Crippen LogP contribution in [0.4, 0.5) is 0 Å². The summed E-state index contributed by atoms with van der Waals surface area (Å²) in [4.78, 5) is 11.7. The van der Waals surface area contributed by atoms with Crippen molar-refractivity contribution < 1.29 is 4.79 Å². The summed E-state index contributed by atoms with van der Waals surface area (Å²) in [5.74, 6) is -0.337. The number of rotatable bonds is 8. The highest BCUT2D eigenvalue weighted by Gasteiger charge is 2.31. The summed E-state index contributed by atoms with van der Waals surface area (Å²) in [6.07, 6.45) is 2.76. The fourth-order valence-corrected chi connectivity index (χ4v) is 2.03. The molecule has 5 heteroatoms. The Morgan fingerprint density at radius 3 is 2.58 bits per heavy atom. The van der Waals surface area contributed by atoms with Gasteiger partial charge in [-0.05, 0) is 38.8 Å². The lowest BCUT2D eigenvalue weighted by Crippen LogP contribution is -2.56. The number of carbonyl (C=O) groups is 1. The molecule has 0 fully saturated rings. The summed E-state index contributed by atoms with van der Waals surface area (Å²) in [5, 5.41) is 7.78. The normalized spacial score (nSPS) is 14.3. The third-order valence-electron chi connectivity index (χ3n) is 3.41. The van der Waals surface area contributed by atoms with E-state index < -0.39 is 5.54 Å². The number of nitrogens with one attached hydrogen (secondary N) is 1. The van der Waals surface area contributed by atoms with Crippen molar-refractivity contribution >= 4 is 5.91 Å². The molecule has 1 rings (SSSR count). The van der Waals surface area contributed by atoms with Crippen molar-refractivity contribution in [3.63, 3.8) is 0 Å². The maximum absolute atomic E-state index is 11.7. The van der Waals surface area contributed by atoms with Crippen molar-refractivity contribution in [2.75, 3.05) is 6.54 Å². The van der Waals surface area contributed by atoms with Gasteiger partial charge in [-0.25, -0.2) is 0 Å². The highest BCUT2D eigenvalue weighted by molar-refractivity contribution is 5.84. The van der Waals surface area contributed by atoms with Crippen LogP contribution in [0, 0.1) is 0 Å². The molecule has 0 aliphatic carbocycles. The van der Waals surface area contributed by atoms with Crippen LogP contribution in [0.2, 0.25) is 0 Å². The van der Waals surface area contributed by atoms with Crippen LogP contribution in [0.1, 0.15) is 45.5 Å². The van der Waals surface area contributed by atoms with Crippen LogP contribution < -0.4 is 11.1 Å². The first-order valence-corrected chi connectivity index (χ1v) is 7.07. The van der Waals surface area contributed by atoms with Crippen molar-refractivity contribution in [1.29, 1.82) is 0 Å². The van der Waals surface area contributed by atoms with Crippen molar-refractivity contribution in [2.24, 2.45) is 5.73 Å². The second-order valence-corrected chi connectivity index (χ2v) is 5.11. The van der Waals surface area contributed by atoms with Crippen LogP contribution in [-0.2, 0) is 24.2 Å². The zero-order chi connectivity index (χ0) is 14.5. The summed E-state index contributed by atoms with van der Waals surface area (Å²) in [6, 6.07) is 2.10. The number of aromatic nitrogens is 2. The molecule has 1 aromatic rings. The average Bonchev–Trinajstić information content (AvgIpc) is 2.78. The predicted octanol–water partition coefficient (Wildman–Crippen LogP) is 1.25. The fourth-order valence-electron chi connectivity index (χ4n) is 2.03. The number of hydrogen-bond acceptors (Lipinski definition) is 3. The van der Waals surface area contributed by atoms with Gasteiger partial charge in [-0.3, -0.25) is 9.48 Å². The molecule has 0 aliphatic rings. The number of aryl methyl sites for hydroxylation is 2. The van der Waals surface area contributed by atoms with Gasteiger partial charge < -0.3 is 11.1 Å². The lowest BCUT2D eigenvalue weighted by molar-refractivity contribution is -0.124. The molecular formula is C14H26N4O.